The quantitative estimate of drug-likeness (QED) is 0.544. The molecule has 2 aromatic rings. The third-order valence-corrected chi connectivity index (χ3v) is 6.03. The van der Waals surface area contributed by atoms with Gasteiger partial charge in [-0.15, -0.1) is 11.8 Å². The number of hydrogen-bond acceptors (Lipinski definition) is 3. The van der Waals surface area contributed by atoms with Crippen LogP contribution in [0.2, 0.25) is 5.02 Å². The van der Waals surface area contributed by atoms with E-state index in [0.717, 1.165) is 16.7 Å². The number of hydrogen-bond donors (Lipinski definition) is 1. The van der Waals surface area contributed by atoms with Crippen LogP contribution in [0.15, 0.2) is 48.5 Å². The van der Waals surface area contributed by atoms with Crippen LogP contribution < -0.4 is 5.32 Å². The van der Waals surface area contributed by atoms with Crippen molar-refractivity contribution in [1.82, 2.24) is 10.2 Å². The Bertz CT molecular complexity index is 857. The van der Waals surface area contributed by atoms with Crippen molar-refractivity contribution >= 4 is 35.2 Å². The van der Waals surface area contributed by atoms with Crippen LogP contribution in [0.4, 0.5) is 0 Å². The van der Waals surface area contributed by atoms with Gasteiger partial charge in [-0.3, -0.25) is 9.59 Å². The Morgan fingerprint density at radius 3 is 2.50 bits per heavy atom. The number of carbonyl (C=O) groups is 2. The van der Waals surface area contributed by atoms with Gasteiger partial charge in [-0.05, 0) is 56.0 Å². The Kier molecular flexibility index (Phi) is 9.73. The van der Waals surface area contributed by atoms with E-state index >= 15 is 0 Å². The number of carbonyl (C=O) groups excluding carboxylic acids is 2. The molecule has 0 bridgehead atoms. The molecule has 0 heterocycles. The van der Waals surface area contributed by atoms with Crippen molar-refractivity contribution in [1.29, 1.82) is 0 Å². The summed E-state index contributed by atoms with van der Waals surface area (Å²) in [6.45, 7) is 8.26. The largest absolute Gasteiger partial charge is 0.352 e. The zero-order valence-electron chi connectivity index (χ0n) is 18.2. The van der Waals surface area contributed by atoms with Gasteiger partial charge < -0.3 is 10.2 Å². The lowest BCUT2D eigenvalue weighted by molar-refractivity contribution is -0.139. The Balaban J connectivity index is 2.15. The Hall–Kier alpha value is -1.98. The van der Waals surface area contributed by atoms with Gasteiger partial charge in [0.05, 0.1) is 5.75 Å². The van der Waals surface area contributed by atoms with E-state index in [1.807, 2.05) is 76.2 Å². The molecule has 0 spiro atoms. The first-order valence-corrected chi connectivity index (χ1v) is 11.8. The number of nitrogens with zero attached hydrogens (tertiary/aromatic N) is 1. The molecule has 2 amide bonds. The number of amides is 2. The van der Waals surface area contributed by atoms with Crippen LogP contribution in [0, 0.1) is 6.92 Å². The van der Waals surface area contributed by atoms with E-state index in [9.17, 15) is 9.59 Å². The maximum atomic E-state index is 13.2. The summed E-state index contributed by atoms with van der Waals surface area (Å²) in [6.07, 6.45) is 0.565. The normalized spacial score (nSPS) is 11.9. The summed E-state index contributed by atoms with van der Waals surface area (Å²) < 4.78 is 0. The highest BCUT2D eigenvalue weighted by molar-refractivity contribution is 7.99. The van der Waals surface area contributed by atoms with Gasteiger partial charge in [0.25, 0.3) is 0 Å². The summed E-state index contributed by atoms with van der Waals surface area (Å²) in [5.41, 5.74) is 3.25. The average Bonchev–Trinajstić information content (AvgIpc) is 2.68. The first kappa shape index (κ1) is 24.3. The van der Waals surface area contributed by atoms with Gasteiger partial charge in [-0.1, -0.05) is 54.9 Å². The summed E-state index contributed by atoms with van der Waals surface area (Å²) in [6, 6.07) is 15.2. The van der Waals surface area contributed by atoms with Gasteiger partial charge in [0.15, 0.2) is 0 Å². The minimum Gasteiger partial charge on any atom is -0.352 e. The van der Waals surface area contributed by atoms with Crippen molar-refractivity contribution in [2.45, 2.75) is 58.5 Å². The molecule has 2 aromatic carbocycles. The molecule has 1 atom stereocenters. The Morgan fingerprint density at radius 1 is 1.13 bits per heavy atom. The molecule has 6 heteroatoms. The molecule has 0 fully saturated rings. The molecule has 1 N–H and O–H groups in total. The summed E-state index contributed by atoms with van der Waals surface area (Å²) >= 11 is 7.59. The standard InChI is InChI=1S/C24H31ClN2O2S/c1-5-22(24(29)26-17(2)3)27(14-20-11-7-6-9-18(20)4)23(28)16-30-15-19-10-8-12-21(25)13-19/h6-13,17,22H,5,14-16H2,1-4H3,(H,26,29). The van der Waals surface area contributed by atoms with E-state index in [0.29, 0.717) is 29.5 Å². The molecule has 1 unspecified atom stereocenters. The number of aryl methyl sites for hydroxylation is 1. The van der Waals surface area contributed by atoms with Gasteiger partial charge in [-0.25, -0.2) is 0 Å². The fourth-order valence-corrected chi connectivity index (χ4v) is 4.31. The molecule has 4 nitrogen and oxygen atoms in total. The number of thioether (sulfide) groups is 1. The van der Waals surface area contributed by atoms with Gasteiger partial charge in [0, 0.05) is 23.4 Å². The molecule has 0 saturated heterocycles. The van der Waals surface area contributed by atoms with Crippen LogP contribution in [0.3, 0.4) is 0 Å². The monoisotopic (exact) mass is 446 g/mol. The predicted octanol–water partition coefficient (Wildman–Crippen LogP) is 5.21. The number of nitrogens with one attached hydrogen (secondary N) is 1. The second-order valence-corrected chi connectivity index (χ2v) is 9.08. The maximum Gasteiger partial charge on any atom is 0.243 e. The second kappa shape index (κ2) is 12.0. The lowest BCUT2D eigenvalue weighted by Crippen LogP contribution is -2.51. The van der Waals surface area contributed by atoms with E-state index in [-0.39, 0.29) is 17.9 Å². The van der Waals surface area contributed by atoms with Gasteiger partial charge >= 0.3 is 0 Å². The van der Waals surface area contributed by atoms with Crippen LogP contribution in [-0.2, 0) is 21.9 Å². The fraction of sp³-hybridized carbons (Fsp3) is 0.417. The SMILES string of the molecule is CCC(C(=O)NC(C)C)N(Cc1ccccc1C)C(=O)CSCc1cccc(Cl)c1. The average molecular weight is 447 g/mol. The summed E-state index contributed by atoms with van der Waals surface area (Å²) in [5, 5.41) is 3.66. The van der Waals surface area contributed by atoms with Crippen molar-refractivity contribution in [3.8, 4) is 0 Å². The second-order valence-electron chi connectivity index (χ2n) is 7.66. The lowest BCUT2D eigenvalue weighted by Gasteiger charge is -2.31. The summed E-state index contributed by atoms with van der Waals surface area (Å²) in [4.78, 5) is 27.7. The highest BCUT2D eigenvalue weighted by Crippen LogP contribution is 2.20. The van der Waals surface area contributed by atoms with Crippen molar-refractivity contribution in [3.63, 3.8) is 0 Å². The van der Waals surface area contributed by atoms with Crippen LogP contribution in [-0.4, -0.2) is 34.6 Å². The molecule has 0 radical (unpaired) electrons. The van der Waals surface area contributed by atoms with E-state index in [2.05, 4.69) is 5.32 Å². The molecule has 2 rings (SSSR count). The first-order chi connectivity index (χ1) is 14.3. The molecule has 0 saturated carbocycles. The topological polar surface area (TPSA) is 49.4 Å². The third-order valence-electron chi connectivity index (χ3n) is 4.80. The maximum absolute atomic E-state index is 13.2. The highest BCUT2D eigenvalue weighted by atomic mass is 35.5. The third kappa shape index (κ3) is 7.37. The number of benzene rings is 2. The molecular weight excluding hydrogens is 416 g/mol. The Morgan fingerprint density at radius 2 is 1.87 bits per heavy atom. The van der Waals surface area contributed by atoms with Crippen LogP contribution >= 0.6 is 23.4 Å². The molecular formula is C24H31ClN2O2S. The van der Waals surface area contributed by atoms with Crippen molar-refractivity contribution in [3.05, 3.63) is 70.2 Å². The zero-order valence-corrected chi connectivity index (χ0v) is 19.7. The van der Waals surface area contributed by atoms with Crippen molar-refractivity contribution < 1.29 is 9.59 Å². The molecule has 0 aliphatic carbocycles. The van der Waals surface area contributed by atoms with E-state index < -0.39 is 6.04 Å². The minimum atomic E-state index is -0.494. The zero-order chi connectivity index (χ0) is 22.1. The summed E-state index contributed by atoms with van der Waals surface area (Å²) in [7, 11) is 0. The smallest absolute Gasteiger partial charge is 0.243 e. The first-order valence-electron chi connectivity index (χ1n) is 10.3. The van der Waals surface area contributed by atoms with Gasteiger partial charge in [0.1, 0.15) is 6.04 Å². The molecule has 0 aliphatic rings. The Labute approximate surface area is 189 Å². The van der Waals surface area contributed by atoms with E-state index in [1.165, 1.54) is 11.8 Å². The van der Waals surface area contributed by atoms with Crippen LogP contribution in [0.1, 0.15) is 43.9 Å². The van der Waals surface area contributed by atoms with E-state index in [1.54, 1.807) is 4.90 Å². The number of rotatable bonds is 10. The van der Waals surface area contributed by atoms with Gasteiger partial charge in [-0.2, -0.15) is 0 Å². The minimum absolute atomic E-state index is 0.0270. The molecule has 0 aromatic heterocycles. The predicted molar refractivity (Wildman–Crippen MR) is 127 cm³/mol. The van der Waals surface area contributed by atoms with Gasteiger partial charge in [0.2, 0.25) is 11.8 Å². The lowest BCUT2D eigenvalue weighted by atomic mass is 10.1. The van der Waals surface area contributed by atoms with E-state index in [4.69, 9.17) is 11.6 Å². The fourth-order valence-electron chi connectivity index (χ4n) is 3.24. The van der Waals surface area contributed by atoms with Crippen LogP contribution in [0.25, 0.3) is 0 Å². The molecule has 30 heavy (non-hydrogen) atoms. The van der Waals surface area contributed by atoms with Crippen molar-refractivity contribution in [2.75, 3.05) is 5.75 Å². The van der Waals surface area contributed by atoms with Crippen molar-refractivity contribution in [2.24, 2.45) is 0 Å². The van der Waals surface area contributed by atoms with Crippen LogP contribution in [0.5, 0.6) is 0 Å². The summed E-state index contributed by atoms with van der Waals surface area (Å²) in [5.74, 6) is 0.869. The highest BCUT2D eigenvalue weighted by Gasteiger charge is 2.29. The molecule has 162 valence electrons. The number of halogens is 1. The molecule has 0 aliphatic heterocycles.